The number of carbonyl (C=O) groups is 2. The van der Waals surface area contributed by atoms with E-state index in [2.05, 4.69) is 16.0 Å². The van der Waals surface area contributed by atoms with E-state index in [0.717, 1.165) is 12.5 Å². The average molecular weight is 302 g/mol. The van der Waals surface area contributed by atoms with Crippen LogP contribution in [0, 0.1) is 5.82 Å². The van der Waals surface area contributed by atoms with Crippen LogP contribution in [0.3, 0.4) is 0 Å². The van der Waals surface area contributed by atoms with Crippen molar-refractivity contribution in [3.63, 3.8) is 0 Å². The number of benzene rings is 1. The van der Waals surface area contributed by atoms with Gasteiger partial charge in [0, 0.05) is 6.54 Å². The first-order chi connectivity index (χ1) is 9.43. The maximum absolute atomic E-state index is 12.9. The van der Waals surface area contributed by atoms with Crippen molar-refractivity contribution in [2.75, 3.05) is 11.9 Å². The van der Waals surface area contributed by atoms with E-state index in [1.165, 1.54) is 12.1 Å². The third-order valence-corrected chi connectivity index (χ3v) is 2.78. The molecule has 0 bridgehead atoms. The summed E-state index contributed by atoms with van der Waals surface area (Å²) in [5.41, 5.74) is 0.270. The van der Waals surface area contributed by atoms with Gasteiger partial charge in [0.05, 0.1) is 10.7 Å². The summed E-state index contributed by atoms with van der Waals surface area (Å²) in [6.07, 6.45) is 0.815. The summed E-state index contributed by atoms with van der Waals surface area (Å²) in [6, 6.07) is 2.35. The van der Waals surface area contributed by atoms with Crippen LogP contribution in [0.4, 0.5) is 14.9 Å². The van der Waals surface area contributed by atoms with Crippen LogP contribution in [0.15, 0.2) is 18.2 Å². The van der Waals surface area contributed by atoms with Gasteiger partial charge in [-0.1, -0.05) is 18.5 Å². The normalized spacial score (nSPS) is 11.6. The standard InChI is InChI=1S/C13H17ClFN3O2/c1-3-6-16-12(19)8(2)17-13(20)18-11-5-4-9(15)7-10(11)14/h4-5,7-8H,3,6H2,1-2H3,(H,16,19)(H2,17,18,20). The first-order valence-electron chi connectivity index (χ1n) is 6.24. The maximum atomic E-state index is 12.9. The van der Waals surface area contributed by atoms with Crippen LogP contribution >= 0.6 is 11.6 Å². The van der Waals surface area contributed by atoms with Gasteiger partial charge in [-0.3, -0.25) is 4.79 Å². The fourth-order valence-corrected chi connectivity index (χ4v) is 1.63. The van der Waals surface area contributed by atoms with Gasteiger partial charge in [-0.2, -0.15) is 0 Å². The molecule has 20 heavy (non-hydrogen) atoms. The van der Waals surface area contributed by atoms with Gasteiger partial charge < -0.3 is 16.0 Å². The summed E-state index contributed by atoms with van der Waals surface area (Å²) in [5, 5.41) is 7.66. The van der Waals surface area contributed by atoms with E-state index in [0.29, 0.717) is 6.54 Å². The average Bonchev–Trinajstić information content (AvgIpc) is 2.39. The SMILES string of the molecule is CCCNC(=O)C(C)NC(=O)Nc1ccc(F)cc1Cl. The van der Waals surface area contributed by atoms with Gasteiger partial charge in [0.1, 0.15) is 11.9 Å². The molecule has 1 aromatic rings. The molecule has 0 aliphatic heterocycles. The Morgan fingerprint density at radius 1 is 1.40 bits per heavy atom. The number of urea groups is 1. The number of halogens is 2. The Labute approximate surface area is 121 Å². The second-order valence-corrected chi connectivity index (χ2v) is 4.64. The van der Waals surface area contributed by atoms with Crippen molar-refractivity contribution in [1.29, 1.82) is 0 Å². The molecule has 0 spiro atoms. The van der Waals surface area contributed by atoms with Crippen LogP contribution in [0.2, 0.25) is 5.02 Å². The Bertz CT molecular complexity index is 497. The minimum absolute atomic E-state index is 0.0863. The molecule has 0 aliphatic carbocycles. The second kappa shape index (κ2) is 7.69. The van der Waals surface area contributed by atoms with E-state index in [4.69, 9.17) is 11.6 Å². The number of anilines is 1. The molecule has 5 nitrogen and oxygen atoms in total. The molecule has 0 aromatic heterocycles. The lowest BCUT2D eigenvalue weighted by Crippen LogP contribution is -2.46. The Hall–Kier alpha value is -1.82. The van der Waals surface area contributed by atoms with Gasteiger partial charge >= 0.3 is 6.03 Å². The first-order valence-corrected chi connectivity index (χ1v) is 6.62. The van der Waals surface area contributed by atoms with Crippen LogP contribution in [0.1, 0.15) is 20.3 Å². The molecule has 110 valence electrons. The van der Waals surface area contributed by atoms with Crippen molar-refractivity contribution in [2.24, 2.45) is 0 Å². The summed E-state index contributed by atoms with van der Waals surface area (Å²) >= 11 is 5.78. The molecule has 0 saturated carbocycles. The second-order valence-electron chi connectivity index (χ2n) is 4.24. The van der Waals surface area contributed by atoms with Gasteiger partial charge in [0.25, 0.3) is 0 Å². The number of rotatable bonds is 5. The molecule has 1 rings (SSSR count). The minimum atomic E-state index is -0.680. The lowest BCUT2D eigenvalue weighted by atomic mass is 10.3. The fourth-order valence-electron chi connectivity index (χ4n) is 1.41. The van der Waals surface area contributed by atoms with E-state index in [1.54, 1.807) is 6.92 Å². The highest BCUT2D eigenvalue weighted by atomic mass is 35.5. The van der Waals surface area contributed by atoms with E-state index < -0.39 is 17.9 Å². The largest absolute Gasteiger partial charge is 0.354 e. The van der Waals surface area contributed by atoms with E-state index >= 15 is 0 Å². The van der Waals surface area contributed by atoms with E-state index in [1.807, 2.05) is 6.92 Å². The lowest BCUT2D eigenvalue weighted by molar-refractivity contribution is -0.122. The number of carbonyl (C=O) groups excluding carboxylic acids is 2. The summed E-state index contributed by atoms with van der Waals surface area (Å²) in [4.78, 5) is 23.3. The van der Waals surface area contributed by atoms with E-state index in [9.17, 15) is 14.0 Å². The van der Waals surface area contributed by atoms with Crippen LogP contribution in [-0.4, -0.2) is 24.5 Å². The van der Waals surface area contributed by atoms with Gasteiger partial charge in [-0.15, -0.1) is 0 Å². The summed E-state index contributed by atoms with van der Waals surface area (Å²) in [7, 11) is 0. The third kappa shape index (κ3) is 5.05. The lowest BCUT2D eigenvalue weighted by Gasteiger charge is -2.15. The van der Waals surface area contributed by atoms with Crippen molar-refractivity contribution in [3.8, 4) is 0 Å². The maximum Gasteiger partial charge on any atom is 0.319 e. The Balaban J connectivity index is 2.52. The molecule has 1 aromatic carbocycles. The molecule has 1 unspecified atom stereocenters. The Morgan fingerprint density at radius 3 is 2.70 bits per heavy atom. The molecular formula is C13H17ClFN3O2. The Morgan fingerprint density at radius 2 is 2.10 bits per heavy atom. The molecular weight excluding hydrogens is 285 g/mol. The molecule has 0 saturated heterocycles. The topological polar surface area (TPSA) is 70.2 Å². The number of nitrogens with one attached hydrogen (secondary N) is 3. The van der Waals surface area contributed by atoms with Gasteiger partial charge in [-0.05, 0) is 31.5 Å². The van der Waals surface area contributed by atoms with Gasteiger partial charge in [-0.25, -0.2) is 9.18 Å². The van der Waals surface area contributed by atoms with E-state index in [-0.39, 0.29) is 16.6 Å². The molecule has 0 aliphatic rings. The Kier molecular flexibility index (Phi) is 6.24. The highest BCUT2D eigenvalue weighted by Gasteiger charge is 2.15. The van der Waals surface area contributed by atoms with Crippen molar-refractivity contribution in [3.05, 3.63) is 29.0 Å². The van der Waals surface area contributed by atoms with Crippen LogP contribution in [0.5, 0.6) is 0 Å². The van der Waals surface area contributed by atoms with Crippen molar-refractivity contribution in [1.82, 2.24) is 10.6 Å². The molecule has 0 fully saturated rings. The number of amides is 3. The zero-order valence-corrected chi connectivity index (χ0v) is 12.1. The van der Waals surface area contributed by atoms with Crippen molar-refractivity contribution >= 4 is 29.2 Å². The highest BCUT2D eigenvalue weighted by Crippen LogP contribution is 2.22. The van der Waals surface area contributed by atoms with Crippen LogP contribution in [0.25, 0.3) is 0 Å². The molecule has 0 radical (unpaired) electrons. The summed E-state index contributed by atoms with van der Waals surface area (Å²) in [6.45, 7) is 4.05. The zero-order valence-electron chi connectivity index (χ0n) is 11.3. The molecule has 7 heteroatoms. The zero-order chi connectivity index (χ0) is 15.1. The monoisotopic (exact) mass is 301 g/mol. The molecule has 1 atom stereocenters. The summed E-state index contributed by atoms with van der Waals surface area (Å²) < 4.78 is 12.9. The van der Waals surface area contributed by atoms with Gasteiger partial charge in [0.15, 0.2) is 0 Å². The fraction of sp³-hybridized carbons (Fsp3) is 0.385. The first kappa shape index (κ1) is 16.2. The molecule has 0 heterocycles. The summed E-state index contributed by atoms with van der Waals surface area (Å²) in [5.74, 6) is -0.763. The predicted molar refractivity (Wildman–Crippen MR) is 76.3 cm³/mol. The third-order valence-electron chi connectivity index (χ3n) is 2.47. The number of hydrogen-bond acceptors (Lipinski definition) is 2. The predicted octanol–water partition coefficient (Wildman–Crippen LogP) is 2.52. The van der Waals surface area contributed by atoms with Crippen LogP contribution in [-0.2, 0) is 4.79 Å². The highest BCUT2D eigenvalue weighted by molar-refractivity contribution is 6.33. The quantitative estimate of drug-likeness (QED) is 0.782. The number of hydrogen-bond donors (Lipinski definition) is 3. The van der Waals surface area contributed by atoms with Crippen LogP contribution < -0.4 is 16.0 Å². The smallest absolute Gasteiger partial charge is 0.319 e. The molecule has 3 N–H and O–H groups in total. The van der Waals surface area contributed by atoms with Crippen molar-refractivity contribution < 1.29 is 14.0 Å². The van der Waals surface area contributed by atoms with Crippen molar-refractivity contribution in [2.45, 2.75) is 26.3 Å². The molecule has 3 amide bonds. The minimum Gasteiger partial charge on any atom is -0.354 e. The van der Waals surface area contributed by atoms with Gasteiger partial charge in [0.2, 0.25) is 5.91 Å².